The fourth-order valence-corrected chi connectivity index (χ4v) is 1.89. The van der Waals surface area contributed by atoms with Crippen molar-refractivity contribution in [1.29, 1.82) is 5.26 Å². The average molecular weight is 245 g/mol. The topological polar surface area (TPSA) is 88.1 Å². The van der Waals surface area contributed by atoms with Gasteiger partial charge < -0.3 is 10.5 Å². The largest absolute Gasteiger partial charge is 0.446 e. The van der Waals surface area contributed by atoms with Crippen LogP contribution in [0.5, 0.6) is 0 Å². The van der Waals surface area contributed by atoms with Gasteiger partial charge in [0.15, 0.2) is 0 Å². The van der Waals surface area contributed by atoms with E-state index in [1.807, 2.05) is 6.07 Å². The number of anilines is 1. The molecule has 0 aromatic heterocycles. The molecule has 18 heavy (non-hydrogen) atoms. The van der Waals surface area contributed by atoms with Crippen molar-refractivity contribution in [3.63, 3.8) is 0 Å². The van der Waals surface area contributed by atoms with E-state index in [1.165, 1.54) is 0 Å². The lowest BCUT2D eigenvalue weighted by molar-refractivity contribution is 0.0278. The third kappa shape index (κ3) is 2.99. The minimum Gasteiger partial charge on any atom is -0.446 e. The first-order valence-corrected chi connectivity index (χ1v) is 5.89. The Morgan fingerprint density at radius 2 is 2.11 bits per heavy atom. The second-order valence-corrected chi connectivity index (χ2v) is 4.41. The third-order valence-electron chi connectivity index (χ3n) is 3.06. The molecule has 1 saturated carbocycles. The maximum absolute atomic E-state index is 11.5. The summed E-state index contributed by atoms with van der Waals surface area (Å²) in [6.07, 6.45) is 1.21. The molecule has 3 N–H and O–H groups in total. The van der Waals surface area contributed by atoms with Gasteiger partial charge in [-0.15, -0.1) is 0 Å². The van der Waals surface area contributed by atoms with Crippen LogP contribution in [0.3, 0.4) is 0 Å². The summed E-state index contributed by atoms with van der Waals surface area (Å²) in [5.74, 6) is 0.484. The highest BCUT2D eigenvalue weighted by atomic mass is 16.6. The molecule has 1 fully saturated rings. The van der Waals surface area contributed by atoms with Gasteiger partial charge in [-0.2, -0.15) is 5.26 Å². The highest BCUT2D eigenvalue weighted by Crippen LogP contribution is 2.29. The van der Waals surface area contributed by atoms with Gasteiger partial charge in [-0.3, -0.25) is 5.32 Å². The smallest absolute Gasteiger partial charge is 0.411 e. The predicted octanol–water partition coefficient (Wildman–Crippen LogP) is 1.84. The Kier molecular flexibility index (Phi) is 3.80. The number of rotatable bonds is 3. The minimum atomic E-state index is -0.458. The number of amides is 1. The summed E-state index contributed by atoms with van der Waals surface area (Å²) < 4.78 is 5.21. The first-order valence-electron chi connectivity index (χ1n) is 5.89. The van der Waals surface area contributed by atoms with Crippen LogP contribution in [0, 0.1) is 17.2 Å². The summed E-state index contributed by atoms with van der Waals surface area (Å²) >= 11 is 0. The van der Waals surface area contributed by atoms with Gasteiger partial charge in [0.1, 0.15) is 6.10 Å². The van der Waals surface area contributed by atoms with Crippen molar-refractivity contribution in [1.82, 2.24) is 0 Å². The molecular weight excluding hydrogens is 230 g/mol. The Morgan fingerprint density at radius 1 is 1.44 bits per heavy atom. The van der Waals surface area contributed by atoms with Gasteiger partial charge in [0.05, 0.1) is 11.6 Å². The molecule has 1 amide bonds. The molecule has 0 atom stereocenters. The minimum absolute atomic E-state index is 0.0167. The Bertz CT molecular complexity index is 458. The van der Waals surface area contributed by atoms with Gasteiger partial charge >= 0.3 is 6.09 Å². The van der Waals surface area contributed by atoms with Crippen molar-refractivity contribution in [3.05, 3.63) is 29.8 Å². The van der Waals surface area contributed by atoms with Gasteiger partial charge in [-0.1, -0.05) is 0 Å². The van der Waals surface area contributed by atoms with Gasteiger partial charge in [-0.05, 0) is 49.6 Å². The van der Waals surface area contributed by atoms with Crippen LogP contribution in [-0.2, 0) is 4.74 Å². The number of carbonyl (C=O) groups excluding carboxylic acids is 1. The molecule has 94 valence electrons. The normalized spacial score (nSPS) is 21.6. The van der Waals surface area contributed by atoms with Gasteiger partial charge in [-0.25, -0.2) is 4.79 Å². The lowest BCUT2D eigenvalue weighted by atomic mass is 9.82. The van der Waals surface area contributed by atoms with Crippen molar-refractivity contribution < 1.29 is 9.53 Å². The van der Waals surface area contributed by atoms with E-state index in [2.05, 4.69) is 5.32 Å². The molecule has 2 rings (SSSR count). The fourth-order valence-electron chi connectivity index (χ4n) is 1.89. The average Bonchev–Trinajstić information content (AvgIpc) is 2.34. The van der Waals surface area contributed by atoms with Crippen molar-refractivity contribution in [2.75, 3.05) is 11.9 Å². The fraction of sp³-hybridized carbons (Fsp3) is 0.385. The molecule has 0 spiro atoms. The lowest BCUT2D eigenvalue weighted by Crippen LogP contribution is -2.38. The van der Waals surface area contributed by atoms with E-state index in [0.29, 0.717) is 23.7 Å². The van der Waals surface area contributed by atoms with E-state index in [9.17, 15) is 4.79 Å². The summed E-state index contributed by atoms with van der Waals surface area (Å²) in [5.41, 5.74) is 6.67. The van der Waals surface area contributed by atoms with E-state index in [-0.39, 0.29) is 6.10 Å². The molecule has 0 aliphatic heterocycles. The predicted molar refractivity (Wildman–Crippen MR) is 66.8 cm³/mol. The zero-order chi connectivity index (χ0) is 13.0. The number of ether oxygens (including phenoxy) is 1. The van der Waals surface area contributed by atoms with Crippen LogP contribution in [0.25, 0.3) is 0 Å². The van der Waals surface area contributed by atoms with E-state index < -0.39 is 6.09 Å². The summed E-state index contributed by atoms with van der Waals surface area (Å²) in [4.78, 5) is 11.5. The second kappa shape index (κ2) is 5.52. The molecule has 0 radical (unpaired) electrons. The van der Waals surface area contributed by atoms with Crippen molar-refractivity contribution in [3.8, 4) is 6.07 Å². The molecule has 0 unspecified atom stereocenters. The standard InChI is InChI=1S/C13H15N3O2/c14-7-9-1-3-11(4-2-9)16-13(17)18-12-5-10(6-12)8-15/h1-4,10,12H,5-6,8,15H2,(H,16,17). The van der Waals surface area contributed by atoms with Gasteiger partial charge in [0, 0.05) is 5.69 Å². The maximum atomic E-state index is 11.5. The molecule has 5 heteroatoms. The quantitative estimate of drug-likeness (QED) is 0.850. The number of nitrogens with zero attached hydrogens (tertiary/aromatic N) is 1. The van der Waals surface area contributed by atoms with Crippen LogP contribution < -0.4 is 11.1 Å². The van der Waals surface area contributed by atoms with Crippen molar-refractivity contribution in [2.24, 2.45) is 11.7 Å². The number of benzene rings is 1. The highest BCUT2D eigenvalue weighted by Gasteiger charge is 2.30. The van der Waals surface area contributed by atoms with Gasteiger partial charge in [0.25, 0.3) is 0 Å². The van der Waals surface area contributed by atoms with E-state index >= 15 is 0 Å². The molecule has 1 aliphatic rings. The monoisotopic (exact) mass is 245 g/mol. The molecule has 0 saturated heterocycles. The summed E-state index contributed by atoms with van der Waals surface area (Å²) in [6, 6.07) is 8.64. The zero-order valence-corrected chi connectivity index (χ0v) is 9.93. The van der Waals surface area contributed by atoms with Crippen LogP contribution in [0.1, 0.15) is 18.4 Å². The summed E-state index contributed by atoms with van der Waals surface area (Å²) in [7, 11) is 0. The third-order valence-corrected chi connectivity index (χ3v) is 3.06. The Hall–Kier alpha value is -2.06. The zero-order valence-electron chi connectivity index (χ0n) is 9.93. The molecule has 1 aromatic rings. The first kappa shape index (κ1) is 12.4. The van der Waals surface area contributed by atoms with Crippen molar-refractivity contribution in [2.45, 2.75) is 18.9 Å². The van der Waals surface area contributed by atoms with Crippen LogP contribution in [0.2, 0.25) is 0 Å². The molecule has 0 heterocycles. The van der Waals surface area contributed by atoms with Crippen LogP contribution >= 0.6 is 0 Å². The number of nitriles is 1. The number of carbonyl (C=O) groups is 1. The first-order chi connectivity index (χ1) is 8.71. The Balaban J connectivity index is 1.79. The van der Waals surface area contributed by atoms with Crippen LogP contribution in [-0.4, -0.2) is 18.7 Å². The van der Waals surface area contributed by atoms with Crippen LogP contribution in [0.15, 0.2) is 24.3 Å². The Labute approximate surface area is 106 Å². The highest BCUT2D eigenvalue weighted by molar-refractivity contribution is 5.84. The number of hydrogen-bond donors (Lipinski definition) is 2. The van der Waals surface area contributed by atoms with E-state index in [4.69, 9.17) is 15.7 Å². The number of hydrogen-bond acceptors (Lipinski definition) is 4. The summed E-state index contributed by atoms with van der Waals surface area (Å²) in [6.45, 7) is 0.650. The molecule has 1 aliphatic carbocycles. The maximum Gasteiger partial charge on any atom is 0.411 e. The van der Waals surface area contributed by atoms with E-state index in [1.54, 1.807) is 24.3 Å². The number of nitrogens with two attached hydrogens (primary N) is 1. The van der Waals surface area contributed by atoms with Crippen molar-refractivity contribution >= 4 is 11.8 Å². The SMILES string of the molecule is N#Cc1ccc(NC(=O)OC2CC(CN)C2)cc1. The molecular formula is C13H15N3O2. The Morgan fingerprint density at radius 3 is 2.67 bits per heavy atom. The lowest BCUT2D eigenvalue weighted by Gasteiger charge is -2.33. The molecule has 0 bridgehead atoms. The summed E-state index contributed by atoms with van der Waals surface area (Å²) in [5, 5.41) is 11.3. The van der Waals surface area contributed by atoms with E-state index in [0.717, 1.165) is 12.8 Å². The second-order valence-electron chi connectivity index (χ2n) is 4.41. The van der Waals surface area contributed by atoms with Crippen LogP contribution in [0.4, 0.5) is 10.5 Å². The van der Waals surface area contributed by atoms with Gasteiger partial charge in [0.2, 0.25) is 0 Å². The number of nitrogens with one attached hydrogen (secondary N) is 1. The molecule has 5 nitrogen and oxygen atoms in total. The molecule has 1 aromatic carbocycles.